The topological polar surface area (TPSA) is 47.6 Å². The van der Waals surface area contributed by atoms with Gasteiger partial charge < -0.3 is 14.8 Å². The van der Waals surface area contributed by atoms with Gasteiger partial charge in [-0.1, -0.05) is 18.2 Å². The maximum atomic E-state index is 12.0. The normalized spacial score (nSPS) is 10.2. The molecule has 0 radical (unpaired) electrons. The van der Waals surface area contributed by atoms with E-state index >= 15 is 0 Å². The Bertz CT molecular complexity index is 667. The van der Waals surface area contributed by atoms with E-state index in [4.69, 9.17) is 9.47 Å². The molecule has 0 saturated carbocycles. The van der Waals surface area contributed by atoms with Crippen LogP contribution in [0.4, 0.5) is 5.69 Å². The number of ether oxygens (including phenoxy) is 2. The van der Waals surface area contributed by atoms with Crippen molar-refractivity contribution in [1.82, 2.24) is 0 Å². The molecule has 0 bridgehead atoms. The highest BCUT2D eigenvalue weighted by atomic mass is 16.5. The zero-order valence-corrected chi connectivity index (χ0v) is 13.9. The van der Waals surface area contributed by atoms with Crippen LogP contribution >= 0.6 is 0 Å². The SMILES string of the molecule is COc1cccc(NC(=O)CCCc2ccc(OC)c(C)c2)c1. The van der Waals surface area contributed by atoms with Crippen molar-refractivity contribution in [2.75, 3.05) is 19.5 Å². The van der Waals surface area contributed by atoms with Gasteiger partial charge in [-0.05, 0) is 49.1 Å². The summed E-state index contributed by atoms with van der Waals surface area (Å²) in [6.45, 7) is 2.03. The predicted octanol–water partition coefficient (Wildman–Crippen LogP) is 3.97. The highest BCUT2D eigenvalue weighted by Gasteiger charge is 2.05. The van der Waals surface area contributed by atoms with Crippen molar-refractivity contribution in [2.24, 2.45) is 0 Å². The zero-order valence-electron chi connectivity index (χ0n) is 13.9. The van der Waals surface area contributed by atoms with Crippen molar-refractivity contribution in [3.8, 4) is 11.5 Å². The molecular weight excluding hydrogens is 290 g/mol. The van der Waals surface area contributed by atoms with Gasteiger partial charge in [0.2, 0.25) is 5.91 Å². The Hall–Kier alpha value is -2.49. The third-order valence-corrected chi connectivity index (χ3v) is 3.68. The third-order valence-electron chi connectivity index (χ3n) is 3.68. The minimum Gasteiger partial charge on any atom is -0.497 e. The fourth-order valence-electron chi connectivity index (χ4n) is 2.47. The number of nitrogens with one attached hydrogen (secondary N) is 1. The smallest absolute Gasteiger partial charge is 0.224 e. The molecule has 2 aromatic rings. The van der Waals surface area contributed by atoms with Crippen LogP contribution in [-0.2, 0) is 11.2 Å². The second-order valence-corrected chi connectivity index (χ2v) is 5.44. The number of rotatable bonds is 7. The first-order valence-corrected chi connectivity index (χ1v) is 7.70. The van der Waals surface area contributed by atoms with Crippen LogP contribution in [0.1, 0.15) is 24.0 Å². The third kappa shape index (κ3) is 5.02. The molecule has 1 N–H and O–H groups in total. The van der Waals surface area contributed by atoms with Gasteiger partial charge in [0.15, 0.2) is 0 Å². The van der Waals surface area contributed by atoms with Crippen molar-refractivity contribution >= 4 is 11.6 Å². The van der Waals surface area contributed by atoms with Crippen LogP contribution in [-0.4, -0.2) is 20.1 Å². The lowest BCUT2D eigenvalue weighted by Gasteiger charge is -2.08. The van der Waals surface area contributed by atoms with Crippen LogP contribution in [0, 0.1) is 6.92 Å². The van der Waals surface area contributed by atoms with E-state index < -0.39 is 0 Å². The molecule has 0 heterocycles. The molecule has 122 valence electrons. The molecule has 0 aromatic heterocycles. The highest BCUT2D eigenvalue weighted by Crippen LogP contribution is 2.20. The average molecular weight is 313 g/mol. The largest absolute Gasteiger partial charge is 0.497 e. The monoisotopic (exact) mass is 313 g/mol. The number of anilines is 1. The number of carbonyl (C=O) groups is 1. The summed E-state index contributed by atoms with van der Waals surface area (Å²) in [5.41, 5.74) is 3.10. The van der Waals surface area contributed by atoms with Crippen molar-refractivity contribution < 1.29 is 14.3 Å². The standard InChI is InChI=1S/C19H23NO3/c1-14-12-15(10-11-18(14)23-3)6-4-9-19(21)20-16-7-5-8-17(13-16)22-2/h5,7-8,10-13H,4,6,9H2,1-3H3,(H,20,21). The van der Waals surface area contributed by atoms with Crippen molar-refractivity contribution in [3.05, 3.63) is 53.6 Å². The maximum absolute atomic E-state index is 12.0. The van der Waals surface area contributed by atoms with Crippen LogP contribution in [0.2, 0.25) is 0 Å². The fraction of sp³-hybridized carbons (Fsp3) is 0.316. The highest BCUT2D eigenvalue weighted by molar-refractivity contribution is 5.90. The lowest BCUT2D eigenvalue weighted by atomic mass is 10.0. The van der Waals surface area contributed by atoms with Gasteiger partial charge in [-0.15, -0.1) is 0 Å². The Morgan fingerprint density at radius 3 is 2.61 bits per heavy atom. The van der Waals surface area contributed by atoms with Gasteiger partial charge in [-0.25, -0.2) is 0 Å². The molecule has 23 heavy (non-hydrogen) atoms. The maximum Gasteiger partial charge on any atom is 0.224 e. The summed E-state index contributed by atoms with van der Waals surface area (Å²) < 4.78 is 10.4. The van der Waals surface area contributed by atoms with E-state index in [1.807, 2.05) is 43.3 Å². The summed E-state index contributed by atoms with van der Waals surface area (Å²) in [6, 6.07) is 13.5. The fourth-order valence-corrected chi connectivity index (χ4v) is 2.47. The summed E-state index contributed by atoms with van der Waals surface area (Å²) in [6.07, 6.45) is 2.17. The number of hydrogen-bond acceptors (Lipinski definition) is 3. The van der Waals surface area contributed by atoms with E-state index in [1.54, 1.807) is 14.2 Å². The first-order valence-electron chi connectivity index (χ1n) is 7.70. The van der Waals surface area contributed by atoms with Crippen LogP contribution in [0.5, 0.6) is 11.5 Å². The number of amides is 1. The van der Waals surface area contributed by atoms with Gasteiger partial charge in [0.25, 0.3) is 0 Å². The number of aryl methyl sites for hydroxylation is 2. The first-order chi connectivity index (χ1) is 11.1. The molecule has 2 rings (SSSR count). The minimum absolute atomic E-state index is 0.0171. The Labute approximate surface area is 137 Å². The van der Waals surface area contributed by atoms with Crippen LogP contribution in [0.15, 0.2) is 42.5 Å². The molecule has 0 atom stereocenters. The molecule has 4 heteroatoms. The van der Waals surface area contributed by atoms with E-state index in [0.717, 1.165) is 35.6 Å². The van der Waals surface area contributed by atoms with Gasteiger partial charge in [-0.3, -0.25) is 4.79 Å². The number of hydrogen-bond donors (Lipinski definition) is 1. The first kappa shape index (κ1) is 16.9. The van der Waals surface area contributed by atoms with E-state index in [9.17, 15) is 4.79 Å². The predicted molar refractivity (Wildman–Crippen MR) is 92.3 cm³/mol. The summed E-state index contributed by atoms with van der Waals surface area (Å²) >= 11 is 0. The molecular formula is C19H23NO3. The Balaban J connectivity index is 1.81. The number of methoxy groups -OCH3 is 2. The molecule has 0 spiro atoms. The summed E-state index contributed by atoms with van der Waals surface area (Å²) in [5, 5.41) is 2.89. The molecule has 0 aliphatic heterocycles. The second kappa shape index (κ2) is 8.22. The van der Waals surface area contributed by atoms with Crippen LogP contribution in [0.25, 0.3) is 0 Å². The van der Waals surface area contributed by atoms with Crippen molar-refractivity contribution in [1.29, 1.82) is 0 Å². The van der Waals surface area contributed by atoms with E-state index in [2.05, 4.69) is 11.4 Å². The van der Waals surface area contributed by atoms with E-state index in [1.165, 1.54) is 5.56 Å². The molecule has 0 aliphatic rings. The molecule has 2 aromatic carbocycles. The van der Waals surface area contributed by atoms with Crippen molar-refractivity contribution in [2.45, 2.75) is 26.2 Å². The second-order valence-electron chi connectivity index (χ2n) is 5.44. The van der Waals surface area contributed by atoms with Gasteiger partial charge in [0, 0.05) is 18.2 Å². The van der Waals surface area contributed by atoms with Crippen LogP contribution in [0.3, 0.4) is 0 Å². The molecule has 4 nitrogen and oxygen atoms in total. The van der Waals surface area contributed by atoms with Gasteiger partial charge in [0.1, 0.15) is 11.5 Å². The molecule has 0 unspecified atom stereocenters. The Morgan fingerprint density at radius 1 is 1.09 bits per heavy atom. The number of benzene rings is 2. The van der Waals surface area contributed by atoms with Crippen molar-refractivity contribution in [3.63, 3.8) is 0 Å². The Kier molecular flexibility index (Phi) is 6.03. The Morgan fingerprint density at radius 2 is 1.91 bits per heavy atom. The quantitative estimate of drug-likeness (QED) is 0.841. The molecule has 0 aliphatic carbocycles. The summed E-state index contributed by atoms with van der Waals surface area (Å²) in [4.78, 5) is 12.0. The zero-order chi connectivity index (χ0) is 16.7. The average Bonchev–Trinajstić information content (AvgIpc) is 2.55. The molecule has 0 saturated heterocycles. The van der Waals surface area contributed by atoms with E-state index in [0.29, 0.717) is 6.42 Å². The summed E-state index contributed by atoms with van der Waals surface area (Å²) in [7, 11) is 3.28. The molecule has 1 amide bonds. The number of carbonyl (C=O) groups excluding carboxylic acids is 1. The lowest BCUT2D eigenvalue weighted by Crippen LogP contribution is -2.11. The lowest BCUT2D eigenvalue weighted by molar-refractivity contribution is -0.116. The van der Waals surface area contributed by atoms with Gasteiger partial charge in [-0.2, -0.15) is 0 Å². The minimum atomic E-state index is 0.0171. The van der Waals surface area contributed by atoms with Gasteiger partial charge in [0.05, 0.1) is 14.2 Å². The van der Waals surface area contributed by atoms with Crippen LogP contribution < -0.4 is 14.8 Å². The van der Waals surface area contributed by atoms with E-state index in [-0.39, 0.29) is 5.91 Å². The molecule has 0 fully saturated rings. The summed E-state index contributed by atoms with van der Waals surface area (Å²) in [5.74, 6) is 1.64. The van der Waals surface area contributed by atoms with Gasteiger partial charge >= 0.3 is 0 Å².